The third kappa shape index (κ3) is 7.66. The van der Waals surface area contributed by atoms with Gasteiger partial charge in [-0.2, -0.15) is 0 Å². The normalized spacial score (nSPS) is 15.8. The summed E-state index contributed by atoms with van der Waals surface area (Å²) in [7, 11) is 4.81. The molecule has 3 amide bonds. The minimum Gasteiger partial charge on any atom is -0.493 e. The Hall–Kier alpha value is -3.95. The Balaban J connectivity index is 1.38. The molecule has 1 aliphatic heterocycles. The number of hydrogen-bond acceptors (Lipinski definition) is 7. The van der Waals surface area contributed by atoms with Crippen LogP contribution in [0.5, 0.6) is 17.2 Å². The molecule has 42 heavy (non-hydrogen) atoms. The van der Waals surface area contributed by atoms with Crippen molar-refractivity contribution in [2.75, 3.05) is 54.1 Å². The Morgan fingerprint density at radius 2 is 1.62 bits per heavy atom. The summed E-state index contributed by atoms with van der Waals surface area (Å²) in [5.74, 6) is 1.98. The van der Waals surface area contributed by atoms with E-state index in [0.717, 1.165) is 41.5 Å². The second-order valence-corrected chi connectivity index (χ2v) is 11.8. The zero-order valence-electron chi connectivity index (χ0n) is 25.6. The Bertz CT molecular complexity index is 1270. The summed E-state index contributed by atoms with van der Waals surface area (Å²) in [6.45, 7) is 7.42. The molecule has 1 atom stereocenters. The highest BCUT2D eigenvalue weighted by atomic mass is 16.6. The Kier molecular flexibility index (Phi) is 9.85. The number of likely N-dealkylation sites (N-methyl/N-ethyl adjacent to an activating group) is 1. The van der Waals surface area contributed by atoms with E-state index in [9.17, 15) is 14.4 Å². The van der Waals surface area contributed by atoms with E-state index in [1.807, 2.05) is 56.0 Å². The Morgan fingerprint density at radius 3 is 2.17 bits per heavy atom. The van der Waals surface area contributed by atoms with Gasteiger partial charge < -0.3 is 34.1 Å². The topological polar surface area (TPSA) is 107 Å². The third-order valence-corrected chi connectivity index (χ3v) is 7.72. The molecular formula is C32H43N3O7. The van der Waals surface area contributed by atoms with Gasteiger partial charge in [0, 0.05) is 45.6 Å². The molecule has 10 heteroatoms. The highest BCUT2D eigenvalue weighted by Crippen LogP contribution is 2.38. The second-order valence-electron chi connectivity index (χ2n) is 11.8. The SMILES string of the molecule is CNC(=O)COc1ccc2c(c1)CC2CN(CCC(=O)N1CCc2cc(OC)c(OC)cc2CC1)C(=O)OC(C)(C)C. The minimum absolute atomic E-state index is 0.0159. The van der Waals surface area contributed by atoms with Gasteiger partial charge >= 0.3 is 6.09 Å². The quantitative estimate of drug-likeness (QED) is 0.456. The van der Waals surface area contributed by atoms with Crippen molar-refractivity contribution in [3.05, 3.63) is 52.6 Å². The van der Waals surface area contributed by atoms with E-state index in [-0.39, 0.29) is 37.3 Å². The first kappa shape index (κ1) is 31.0. The number of nitrogens with one attached hydrogen (secondary N) is 1. The lowest BCUT2D eigenvalue weighted by molar-refractivity contribution is -0.131. The van der Waals surface area contributed by atoms with Crippen molar-refractivity contribution in [3.63, 3.8) is 0 Å². The number of carbonyl (C=O) groups excluding carboxylic acids is 3. The van der Waals surface area contributed by atoms with Gasteiger partial charge in [0.1, 0.15) is 11.4 Å². The molecule has 0 saturated heterocycles. The summed E-state index contributed by atoms with van der Waals surface area (Å²) < 4.78 is 22.2. The molecule has 1 heterocycles. The molecule has 2 aliphatic rings. The van der Waals surface area contributed by atoms with Crippen LogP contribution in [0.4, 0.5) is 4.79 Å². The number of methoxy groups -OCH3 is 2. The van der Waals surface area contributed by atoms with Crippen LogP contribution in [0.1, 0.15) is 55.4 Å². The number of ether oxygens (including phenoxy) is 4. The van der Waals surface area contributed by atoms with Crippen LogP contribution in [-0.2, 0) is 33.6 Å². The van der Waals surface area contributed by atoms with Gasteiger partial charge in [0.15, 0.2) is 18.1 Å². The van der Waals surface area contributed by atoms with E-state index in [1.165, 1.54) is 0 Å². The van der Waals surface area contributed by atoms with Crippen molar-refractivity contribution in [2.45, 2.75) is 58.0 Å². The average molecular weight is 582 g/mol. The van der Waals surface area contributed by atoms with Crippen molar-refractivity contribution < 1.29 is 33.3 Å². The average Bonchev–Trinajstić information content (AvgIpc) is 3.16. The number of nitrogens with zero attached hydrogens (tertiary/aromatic N) is 2. The van der Waals surface area contributed by atoms with Gasteiger partial charge in [-0.25, -0.2) is 4.79 Å². The van der Waals surface area contributed by atoms with Gasteiger partial charge in [-0.1, -0.05) is 6.07 Å². The molecule has 0 spiro atoms. The lowest BCUT2D eigenvalue weighted by Gasteiger charge is -2.36. The highest BCUT2D eigenvalue weighted by Gasteiger charge is 2.32. The van der Waals surface area contributed by atoms with Crippen LogP contribution in [0.25, 0.3) is 0 Å². The monoisotopic (exact) mass is 581 g/mol. The van der Waals surface area contributed by atoms with Gasteiger partial charge in [0.25, 0.3) is 5.91 Å². The van der Waals surface area contributed by atoms with Crippen LogP contribution in [0.3, 0.4) is 0 Å². The van der Waals surface area contributed by atoms with E-state index in [4.69, 9.17) is 18.9 Å². The smallest absolute Gasteiger partial charge is 0.410 e. The number of fused-ring (bicyclic) bond motifs is 2. The van der Waals surface area contributed by atoms with E-state index in [0.29, 0.717) is 36.9 Å². The molecular weight excluding hydrogens is 538 g/mol. The molecule has 1 N–H and O–H groups in total. The first-order valence-corrected chi connectivity index (χ1v) is 14.5. The lowest BCUT2D eigenvalue weighted by Crippen LogP contribution is -2.43. The number of benzene rings is 2. The summed E-state index contributed by atoms with van der Waals surface area (Å²) in [6, 6.07) is 9.77. The van der Waals surface area contributed by atoms with Crippen LogP contribution in [0.2, 0.25) is 0 Å². The van der Waals surface area contributed by atoms with E-state index in [2.05, 4.69) is 5.32 Å². The standard InChI is InChI=1S/C32H43N3O7/c1-32(2,3)42-31(38)35(19-24-15-23-16-25(7-8-26(23)24)41-20-29(36)33-4)14-11-30(37)34-12-9-21-17-27(39-5)28(40-6)18-22(21)10-13-34/h7-8,16-18,24H,9-15,19-20H2,1-6H3,(H,33,36). The molecule has 4 rings (SSSR count). The minimum atomic E-state index is -0.646. The van der Waals surface area contributed by atoms with Crippen molar-refractivity contribution >= 4 is 17.9 Å². The van der Waals surface area contributed by atoms with Crippen molar-refractivity contribution in [1.82, 2.24) is 15.1 Å². The van der Waals surface area contributed by atoms with Crippen molar-refractivity contribution in [3.8, 4) is 17.2 Å². The van der Waals surface area contributed by atoms with Crippen LogP contribution >= 0.6 is 0 Å². The molecule has 0 bridgehead atoms. The number of carbonyl (C=O) groups is 3. The zero-order valence-corrected chi connectivity index (χ0v) is 25.6. The fourth-order valence-corrected chi connectivity index (χ4v) is 5.41. The van der Waals surface area contributed by atoms with Crippen LogP contribution < -0.4 is 19.5 Å². The lowest BCUT2D eigenvalue weighted by atomic mass is 9.77. The molecule has 0 radical (unpaired) electrons. The maximum Gasteiger partial charge on any atom is 0.410 e. The molecule has 10 nitrogen and oxygen atoms in total. The summed E-state index contributed by atoms with van der Waals surface area (Å²) in [4.78, 5) is 41.6. The van der Waals surface area contributed by atoms with Gasteiger partial charge in [0.2, 0.25) is 5.91 Å². The van der Waals surface area contributed by atoms with Crippen molar-refractivity contribution in [2.24, 2.45) is 0 Å². The maximum atomic E-state index is 13.4. The number of amides is 3. The molecule has 228 valence electrons. The molecule has 1 unspecified atom stereocenters. The van der Waals surface area contributed by atoms with Gasteiger partial charge in [-0.3, -0.25) is 9.59 Å². The zero-order chi connectivity index (χ0) is 30.4. The van der Waals surface area contributed by atoms with Crippen LogP contribution in [0, 0.1) is 0 Å². The van der Waals surface area contributed by atoms with Crippen molar-refractivity contribution in [1.29, 1.82) is 0 Å². The molecule has 2 aromatic rings. The van der Waals surface area contributed by atoms with E-state index >= 15 is 0 Å². The second kappa shape index (κ2) is 13.4. The number of rotatable bonds is 10. The Labute approximate surface area is 248 Å². The summed E-state index contributed by atoms with van der Waals surface area (Å²) in [5, 5.41) is 2.54. The van der Waals surface area contributed by atoms with Gasteiger partial charge in [-0.15, -0.1) is 0 Å². The first-order chi connectivity index (χ1) is 20.0. The number of hydrogen-bond donors (Lipinski definition) is 1. The summed E-state index contributed by atoms with van der Waals surface area (Å²) in [5.41, 5.74) is 3.94. The van der Waals surface area contributed by atoms with E-state index in [1.54, 1.807) is 26.2 Å². The fourth-order valence-electron chi connectivity index (χ4n) is 5.41. The highest BCUT2D eigenvalue weighted by molar-refractivity contribution is 5.78. The molecule has 2 aromatic carbocycles. The maximum absolute atomic E-state index is 13.4. The predicted molar refractivity (Wildman–Crippen MR) is 158 cm³/mol. The molecule has 0 saturated carbocycles. The van der Waals surface area contributed by atoms with Crippen LogP contribution in [0.15, 0.2) is 30.3 Å². The summed E-state index contributed by atoms with van der Waals surface area (Å²) in [6.07, 6.45) is 2.03. The molecule has 1 aliphatic carbocycles. The predicted octanol–water partition coefficient (Wildman–Crippen LogP) is 3.72. The largest absolute Gasteiger partial charge is 0.493 e. The Morgan fingerprint density at radius 1 is 0.976 bits per heavy atom. The van der Waals surface area contributed by atoms with Gasteiger partial charge in [-0.05, 0) is 86.6 Å². The van der Waals surface area contributed by atoms with Crippen LogP contribution in [-0.4, -0.2) is 87.4 Å². The van der Waals surface area contributed by atoms with E-state index < -0.39 is 11.7 Å². The fraction of sp³-hybridized carbons (Fsp3) is 0.531. The molecule has 0 fully saturated rings. The third-order valence-electron chi connectivity index (χ3n) is 7.72. The van der Waals surface area contributed by atoms with Gasteiger partial charge in [0.05, 0.1) is 14.2 Å². The first-order valence-electron chi connectivity index (χ1n) is 14.5. The molecule has 0 aromatic heterocycles. The summed E-state index contributed by atoms with van der Waals surface area (Å²) >= 11 is 0.